The molecule has 0 aromatic carbocycles. The molecule has 1 heterocycles. The molecule has 0 atom stereocenters. The third-order valence-corrected chi connectivity index (χ3v) is 4.36. The third kappa shape index (κ3) is 4.94. The van der Waals surface area contributed by atoms with E-state index in [4.69, 9.17) is 10.3 Å². The highest BCUT2D eigenvalue weighted by Gasteiger charge is 2.29. The zero-order chi connectivity index (χ0) is 15.0. The van der Waals surface area contributed by atoms with Crippen LogP contribution in [0.1, 0.15) is 65.1 Å². The predicted molar refractivity (Wildman–Crippen MR) is 86.3 cm³/mol. The fourth-order valence-electron chi connectivity index (χ4n) is 2.75. The highest BCUT2D eigenvalue weighted by atomic mass is 35.5. The number of hydrogen-bond acceptors (Lipinski definition) is 5. The van der Waals surface area contributed by atoms with Crippen LogP contribution in [0.3, 0.4) is 0 Å². The molecule has 0 radical (unpaired) electrons. The molecule has 5 nitrogen and oxygen atoms in total. The Morgan fingerprint density at radius 1 is 1.33 bits per heavy atom. The van der Waals surface area contributed by atoms with Gasteiger partial charge >= 0.3 is 0 Å². The number of nitrogens with zero attached hydrogens (tertiary/aromatic N) is 3. The number of rotatable bonds is 4. The van der Waals surface area contributed by atoms with Crippen LogP contribution in [0.15, 0.2) is 4.52 Å². The topological polar surface area (TPSA) is 68.2 Å². The van der Waals surface area contributed by atoms with Crippen molar-refractivity contribution in [2.24, 2.45) is 11.1 Å². The maximum Gasteiger partial charge on any atom is 0.240 e. The molecule has 0 saturated heterocycles. The van der Waals surface area contributed by atoms with Crippen molar-refractivity contribution in [2.45, 2.75) is 71.5 Å². The molecule has 0 bridgehead atoms. The van der Waals surface area contributed by atoms with Gasteiger partial charge in [-0.25, -0.2) is 0 Å². The van der Waals surface area contributed by atoms with Crippen LogP contribution in [-0.4, -0.2) is 28.1 Å². The molecule has 1 saturated carbocycles. The maximum absolute atomic E-state index is 5.97. The van der Waals surface area contributed by atoms with Gasteiger partial charge in [-0.1, -0.05) is 19.0 Å². The Hall–Kier alpha value is -0.650. The summed E-state index contributed by atoms with van der Waals surface area (Å²) in [6, 6.07) is 0.615. The Kier molecular flexibility index (Phi) is 5.81. The molecular formula is C15H29ClN4O. The van der Waals surface area contributed by atoms with Crippen LogP contribution in [0, 0.1) is 5.41 Å². The molecule has 122 valence electrons. The van der Waals surface area contributed by atoms with Crippen molar-refractivity contribution in [1.82, 2.24) is 15.0 Å². The van der Waals surface area contributed by atoms with Gasteiger partial charge in [0, 0.05) is 6.04 Å². The zero-order valence-electron chi connectivity index (χ0n) is 13.8. The molecule has 0 unspecified atom stereocenters. The van der Waals surface area contributed by atoms with Crippen LogP contribution in [0.25, 0.3) is 0 Å². The summed E-state index contributed by atoms with van der Waals surface area (Å²) in [6.07, 6.45) is 5.06. The quantitative estimate of drug-likeness (QED) is 0.924. The second-order valence-corrected chi connectivity index (χ2v) is 7.54. The molecule has 0 amide bonds. The summed E-state index contributed by atoms with van der Waals surface area (Å²) in [5, 5.41) is 3.97. The Labute approximate surface area is 134 Å². The van der Waals surface area contributed by atoms with E-state index in [1.807, 2.05) is 13.8 Å². The molecule has 1 aromatic heterocycles. The van der Waals surface area contributed by atoms with Crippen LogP contribution >= 0.6 is 12.4 Å². The Morgan fingerprint density at radius 3 is 2.38 bits per heavy atom. The minimum atomic E-state index is -0.546. The molecule has 1 aliphatic carbocycles. The molecule has 1 fully saturated rings. The van der Waals surface area contributed by atoms with Crippen molar-refractivity contribution >= 4 is 12.4 Å². The van der Waals surface area contributed by atoms with E-state index in [9.17, 15) is 0 Å². The lowest BCUT2D eigenvalue weighted by Crippen LogP contribution is -2.37. The summed E-state index contributed by atoms with van der Waals surface area (Å²) >= 11 is 0. The number of hydrogen-bond donors (Lipinski definition) is 1. The van der Waals surface area contributed by atoms with Gasteiger partial charge < -0.3 is 10.3 Å². The van der Waals surface area contributed by atoms with E-state index in [2.05, 4.69) is 35.9 Å². The normalized spacial score (nSPS) is 19.6. The predicted octanol–water partition coefficient (Wildman–Crippen LogP) is 3.09. The number of nitrogens with two attached hydrogens (primary N) is 1. The summed E-state index contributed by atoms with van der Waals surface area (Å²) in [6.45, 7) is 9.19. The van der Waals surface area contributed by atoms with Crippen molar-refractivity contribution in [3.05, 3.63) is 11.7 Å². The van der Waals surface area contributed by atoms with Gasteiger partial charge in [0.2, 0.25) is 5.89 Å². The highest BCUT2D eigenvalue weighted by Crippen LogP contribution is 2.36. The third-order valence-electron chi connectivity index (χ3n) is 4.36. The van der Waals surface area contributed by atoms with Crippen LogP contribution in [0.4, 0.5) is 0 Å². The first-order valence-electron chi connectivity index (χ1n) is 7.49. The van der Waals surface area contributed by atoms with Crippen LogP contribution in [0.5, 0.6) is 0 Å². The van der Waals surface area contributed by atoms with Gasteiger partial charge in [-0.05, 0) is 52.0 Å². The molecule has 21 heavy (non-hydrogen) atoms. The molecule has 0 aliphatic heterocycles. The van der Waals surface area contributed by atoms with Gasteiger partial charge in [0.1, 0.15) is 0 Å². The van der Waals surface area contributed by atoms with E-state index in [1.54, 1.807) is 0 Å². The van der Waals surface area contributed by atoms with Gasteiger partial charge in [-0.15, -0.1) is 12.4 Å². The molecular weight excluding hydrogens is 288 g/mol. The van der Waals surface area contributed by atoms with E-state index < -0.39 is 5.54 Å². The lowest BCUT2D eigenvalue weighted by atomic mass is 9.75. The van der Waals surface area contributed by atoms with E-state index in [-0.39, 0.29) is 12.4 Å². The van der Waals surface area contributed by atoms with Crippen molar-refractivity contribution in [3.8, 4) is 0 Å². The van der Waals surface area contributed by atoms with Crippen molar-refractivity contribution < 1.29 is 4.52 Å². The first kappa shape index (κ1) is 18.4. The summed E-state index contributed by atoms with van der Waals surface area (Å²) in [5.74, 6) is 1.23. The van der Waals surface area contributed by atoms with E-state index in [0.717, 1.165) is 0 Å². The monoisotopic (exact) mass is 316 g/mol. The standard InChI is InChI=1S/C15H28N4O.ClH/c1-14(2)8-6-11(7-9-14)19(5)10-12-17-13(18-20-12)15(3,4)16;/h11H,6-10,16H2,1-5H3;1H. The molecule has 1 aliphatic rings. The lowest BCUT2D eigenvalue weighted by molar-refractivity contribution is 0.114. The Morgan fingerprint density at radius 2 is 1.90 bits per heavy atom. The Balaban J connectivity index is 0.00000220. The van der Waals surface area contributed by atoms with Crippen molar-refractivity contribution in [3.63, 3.8) is 0 Å². The first-order valence-corrected chi connectivity index (χ1v) is 7.49. The largest absolute Gasteiger partial charge is 0.338 e. The van der Waals surface area contributed by atoms with Crippen LogP contribution in [0.2, 0.25) is 0 Å². The van der Waals surface area contributed by atoms with Crippen LogP contribution in [-0.2, 0) is 12.1 Å². The van der Waals surface area contributed by atoms with Crippen LogP contribution < -0.4 is 5.73 Å². The van der Waals surface area contributed by atoms with Gasteiger partial charge in [-0.2, -0.15) is 4.98 Å². The highest BCUT2D eigenvalue weighted by molar-refractivity contribution is 5.85. The lowest BCUT2D eigenvalue weighted by Gasteiger charge is -2.38. The molecule has 1 aromatic rings. The SMILES string of the molecule is CN(Cc1nc(C(C)(C)N)no1)C1CCC(C)(C)CC1.Cl. The van der Waals surface area contributed by atoms with E-state index in [1.165, 1.54) is 25.7 Å². The number of halogens is 1. The minimum absolute atomic E-state index is 0. The summed E-state index contributed by atoms with van der Waals surface area (Å²) in [4.78, 5) is 6.73. The summed E-state index contributed by atoms with van der Waals surface area (Å²) < 4.78 is 5.31. The second kappa shape index (κ2) is 6.63. The second-order valence-electron chi connectivity index (χ2n) is 7.54. The Bertz CT molecular complexity index is 443. The number of aromatic nitrogens is 2. The van der Waals surface area contributed by atoms with Crippen molar-refractivity contribution in [1.29, 1.82) is 0 Å². The molecule has 2 N–H and O–H groups in total. The van der Waals surface area contributed by atoms with Gasteiger partial charge in [0.25, 0.3) is 0 Å². The van der Waals surface area contributed by atoms with Gasteiger partial charge in [0.05, 0.1) is 12.1 Å². The fraction of sp³-hybridized carbons (Fsp3) is 0.867. The first-order chi connectivity index (χ1) is 9.17. The smallest absolute Gasteiger partial charge is 0.240 e. The average molecular weight is 317 g/mol. The summed E-state index contributed by atoms with van der Waals surface area (Å²) in [7, 11) is 2.14. The van der Waals surface area contributed by atoms with Gasteiger partial charge in [-0.3, -0.25) is 4.90 Å². The molecule has 0 spiro atoms. The van der Waals surface area contributed by atoms with E-state index >= 15 is 0 Å². The average Bonchev–Trinajstić information content (AvgIpc) is 2.77. The summed E-state index contributed by atoms with van der Waals surface area (Å²) in [5.41, 5.74) is 5.93. The molecule has 6 heteroatoms. The molecule has 2 rings (SSSR count). The fourth-order valence-corrected chi connectivity index (χ4v) is 2.75. The van der Waals surface area contributed by atoms with Crippen molar-refractivity contribution in [2.75, 3.05) is 7.05 Å². The van der Waals surface area contributed by atoms with Gasteiger partial charge in [0.15, 0.2) is 5.82 Å². The zero-order valence-corrected chi connectivity index (χ0v) is 14.7. The maximum atomic E-state index is 5.97. The van der Waals surface area contributed by atoms with E-state index in [0.29, 0.717) is 29.7 Å². The minimum Gasteiger partial charge on any atom is -0.338 e.